The summed E-state index contributed by atoms with van der Waals surface area (Å²) in [4.78, 5) is 25.2. The molecule has 0 saturated heterocycles. The highest BCUT2D eigenvalue weighted by Gasteiger charge is 2.13. The van der Waals surface area contributed by atoms with Gasteiger partial charge in [0.1, 0.15) is 0 Å². The highest BCUT2D eigenvalue weighted by Crippen LogP contribution is 2.17. The van der Waals surface area contributed by atoms with Gasteiger partial charge >= 0.3 is 0 Å². The van der Waals surface area contributed by atoms with Crippen LogP contribution in [0, 0.1) is 5.92 Å². The summed E-state index contributed by atoms with van der Waals surface area (Å²) in [5, 5.41) is 8.40. The molecule has 0 aromatic heterocycles. The number of benzene rings is 1. The summed E-state index contributed by atoms with van der Waals surface area (Å²) >= 11 is 0. The molecular formula is C17H22N2O3. The van der Waals surface area contributed by atoms with Crippen LogP contribution in [0.15, 0.2) is 48.1 Å². The molecule has 0 fully saturated rings. The molecule has 0 aliphatic heterocycles. The fraction of sp³-hybridized carbons (Fsp3) is 0.294. The van der Waals surface area contributed by atoms with Crippen molar-refractivity contribution in [1.82, 2.24) is 5.48 Å². The molecule has 1 aromatic rings. The van der Waals surface area contributed by atoms with E-state index in [-0.39, 0.29) is 11.7 Å². The van der Waals surface area contributed by atoms with Crippen LogP contribution in [-0.4, -0.2) is 31.0 Å². The number of carbonyl (C=O) groups excluding carboxylic acids is 2. The van der Waals surface area contributed by atoms with Crippen molar-refractivity contribution in [2.75, 3.05) is 19.0 Å². The standard InChI is InChI=1S/C17H22N2O3/c1-12(5-10-16(20)18-22)11-13(2)17(21)14-6-8-15(9-7-14)19(3)4/h5-11,13,22H,1-4H3,(H,18,20)/b10-5+,12-11+/t13-/m0/s1. The largest absolute Gasteiger partial charge is 0.378 e. The van der Waals surface area contributed by atoms with Gasteiger partial charge in [0.25, 0.3) is 5.91 Å². The predicted molar refractivity (Wildman–Crippen MR) is 87.1 cm³/mol. The first-order chi connectivity index (χ1) is 10.3. The third kappa shape index (κ3) is 5.18. The van der Waals surface area contributed by atoms with Crippen molar-refractivity contribution >= 4 is 17.4 Å². The van der Waals surface area contributed by atoms with E-state index in [2.05, 4.69) is 0 Å². The molecule has 2 N–H and O–H groups in total. The Balaban J connectivity index is 2.79. The lowest BCUT2D eigenvalue weighted by Crippen LogP contribution is -2.15. The number of carbonyl (C=O) groups is 2. The van der Waals surface area contributed by atoms with Gasteiger partial charge in [0.2, 0.25) is 0 Å². The second-order valence-electron chi connectivity index (χ2n) is 5.31. The van der Waals surface area contributed by atoms with E-state index < -0.39 is 5.91 Å². The van der Waals surface area contributed by atoms with E-state index in [1.54, 1.807) is 19.1 Å². The smallest absolute Gasteiger partial charge is 0.267 e. The molecule has 1 amide bonds. The van der Waals surface area contributed by atoms with Crippen LogP contribution < -0.4 is 10.4 Å². The number of nitrogens with zero attached hydrogens (tertiary/aromatic N) is 1. The van der Waals surface area contributed by atoms with Gasteiger partial charge in [-0.25, -0.2) is 5.48 Å². The second-order valence-corrected chi connectivity index (χ2v) is 5.31. The topological polar surface area (TPSA) is 69.6 Å². The van der Waals surface area contributed by atoms with Gasteiger partial charge in [-0.2, -0.15) is 0 Å². The number of hydrogen-bond acceptors (Lipinski definition) is 4. The summed E-state index contributed by atoms with van der Waals surface area (Å²) < 4.78 is 0. The van der Waals surface area contributed by atoms with Crippen molar-refractivity contribution in [2.45, 2.75) is 13.8 Å². The molecule has 22 heavy (non-hydrogen) atoms. The minimum absolute atomic E-state index is 0.0182. The molecule has 0 heterocycles. The first kappa shape index (κ1) is 17.7. The fourth-order valence-electron chi connectivity index (χ4n) is 1.96. The Bertz CT molecular complexity index is 586. The Hall–Kier alpha value is -2.40. The number of nitrogens with one attached hydrogen (secondary N) is 1. The number of amides is 1. The van der Waals surface area contributed by atoms with Gasteiger partial charge in [-0.1, -0.05) is 24.6 Å². The number of ketones is 1. The monoisotopic (exact) mass is 302 g/mol. The maximum Gasteiger partial charge on any atom is 0.267 e. The van der Waals surface area contributed by atoms with Gasteiger partial charge in [-0.15, -0.1) is 0 Å². The van der Waals surface area contributed by atoms with Crippen molar-refractivity contribution in [3.8, 4) is 0 Å². The lowest BCUT2D eigenvalue weighted by molar-refractivity contribution is -0.124. The SMILES string of the molecule is CC(/C=C/C(=O)NO)=C\[C@H](C)C(=O)c1ccc(N(C)C)cc1. The molecule has 5 nitrogen and oxygen atoms in total. The lowest BCUT2D eigenvalue weighted by atomic mass is 9.97. The lowest BCUT2D eigenvalue weighted by Gasteiger charge is -2.13. The number of hydroxylamine groups is 1. The number of anilines is 1. The molecule has 1 rings (SSSR count). The first-order valence-corrected chi connectivity index (χ1v) is 6.97. The van der Waals surface area contributed by atoms with Crippen molar-refractivity contribution in [3.05, 3.63) is 53.6 Å². The zero-order chi connectivity index (χ0) is 16.7. The van der Waals surface area contributed by atoms with Crippen LogP contribution in [0.2, 0.25) is 0 Å². The third-order valence-corrected chi connectivity index (χ3v) is 3.20. The maximum absolute atomic E-state index is 12.4. The second kappa shape index (κ2) is 8.14. The Morgan fingerprint density at radius 1 is 1.18 bits per heavy atom. The summed E-state index contributed by atoms with van der Waals surface area (Å²) in [7, 11) is 3.89. The van der Waals surface area contributed by atoms with Crippen LogP contribution >= 0.6 is 0 Å². The molecule has 0 radical (unpaired) electrons. The Kier molecular flexibility index (Phi) is 6.53. The van der Waals surface area contributed by atoms with E-state index in [0.29, 0.717) is 5.56 Å². The van der Waals surface area contributed by atoms with E-state index in [1.807, 2.05) is 50.2 Å². The van der Waals surface area contributed by atoms with Crippen LogP contribution in [0.5, 0.6) is 0 Å². The van der Waals surface area contributed by atoms with Gasteiger partial charge in [-0.05, 0) is 31.2 Å². The normalized spacial score (nSPS) is 13.0. The van der Waals surface area contributed by atoms with Crippen molar-refractivity contribution in [1.29, 1.82) is 0 Å². The van der Waals surface area contributed by atoms with Gasteiger partial charge in [0.15, 0.2) is 5.78 Å². The van der Waals surface area contributed by atoms with Gasteiger partial charge < -0.3 is 4.90 Å². The molecule has 0 unspecified atom stereocenters. The number of Topliss-reactive ketones (excluding diaryl/α,β-unsaturated/α-hetero) is 1. The molecule has 1 atom stereocenters. The zero-order valence-electron chi connectivity index (χ0n) is 13.3. The molecule has 0 saturated carbocycles. The molecule has 118 valence electrons. The van der Waals surface area contributed by atoms with Crippen LogP contribution in [-0.2, 0) is 4.79 Å². The summed E-state index contributed by atoms with van der Waals surface area (Å²) in [5.41, 5.74) is 3.97. The number of hydrogen-bond donors (Lipinski definition) is 2. The summed E-state index contributed by atoms with van der Waals surface area (Å²) in [5.74, 6) is -0.886. The van der Waals surface area contributed by atoms with Gasteiger partial charge in [-0.3, -0.25) is 14.8 Å². The molecule has 0 aliphatic rings. The molecule has 5 heteroatoms. The van der Waals surface area contributed by atoms with Crippen LogP contribution in [0.4, 0.5) is 5.69 Å². The number of allylic oxidation sites excluding steroid dienone is 3. The van der Waals surface area contributed by atoms with E-state index in [1.165, 1.54) is 11.6 Å². The van der Waals surface area contributed by atoms with E-state index in [0.717, 1.165) is 11.3 Å². The fourth-order valence-corrected chi connectivity index (χ4v) is 1.96. The molecule has 0 bridgehead atoms. The first-order valence-electron chi connectivity index (χ1n) is 6.97. The zero-order valence-corrected chi connectivity index (χ0v) is 13.3. The Morgan fingerprint density at radius 3 is 2.27 bits per heavy atom. The van der Waals surface area contributed by atoms with Gasteiger partial charge in [0.05, 0.1) is 0 Å². The minimum Gasteiger partial charge on any atom is -0.378 e. The molecular weight excluding hydrogens is 280 g/mol. The summed E-state index contributed by atoms with van der Waals surface area (Å²) in [6.45, 7) is 3.60. The average molecular weight is 302 g/mol. The Labute approximate surface area is 130 Å². The molecule has 1 aromatic carbocycles. The van der Waals surface area contributed by atoms with E-state index in [9.17, 15) is 9.59 Å². The highest BCUT2D eigenvalue weighted by atomic mass is 16.5. The third-order valence-electron chi connectivity index (χ3n) is 3.20. The van der Waals surface area contributed by atoms with E-state index in [4.69, 9.17) is 5.21 Å². The van der Waals surface area contributed by atoms with E-state index >= 15 is 0 Å². The van der Waals surface area contributed by atoms with Crippen LogP contribution in [0.1, 0.15) is 24.2 Å². The quantitative estimate of drug-likeness (QED) is 0.279. The summed E-state index contributed by atoms with van der Waals surface area (Å²) in [6, 6.07) is 7.43. The maximum atomic E-state index is 12.4. The minimum atomic E-state index is -0.606. The Morgan fingerprint density at radius 2 is 1.77 bits per heavy atom. The molecule has 0 aliphatic carbocycles. The van der Waals surface area contributed by atoms with Crippen molar-refractivity contribution in [2.24, 2.45) is 5.92 Å². The van der Waals surface area contributed by atoms with Gasteiger partial charge in [0, 0.05) is 37.3 Å². The van der Waals surface area contributed by atoms with Crippen LogP contribution in [0.3, 0.4) is 0 Å². The van der Waals surface area contributed by atoms with Crippen LogP contribution in [0.25, 0.3) is 0 Å². The molecule has 0 spiro atoms. The van der Waals surface area contributed by atoms with Crippen molar-refractivity contribution < 1.29 is 14.8 Å². The summed E-state index contributed by atoms with van der Waals surface area (Å²) in [6.07, 6.45) is 4.53. The highest BCUT2D eigenvalue weighted by molar-refractivity contribution is 5.99. The average Bonchev–Trinajstić information content (AvgIpc) is 2.51. The predicted octanol–water partition coefficient (Wildman–Crippen LogP) is 2.58. The van der Waals surface area contributed by atoms with Crippen molar-refractivity contribution in [3.63, 3.8) is 0 Å². The number of rotatable bonds is 6.